The number of fused-ring (bicyclic) bond motifs is 1. The predicted octanol–water partition coefficient (Wildman–Crippen LogP) is 4.29. The molecule has 0 fully saturated rings. The molecule has 0 bridgehead atoms. The maximum absolute atomic E-state index is 13.1. The molecule has 0 radical (unpaired) electrons. The molecule has 0 unspecified atom stereocenters. The van der Waals surface area contributed by atoms with Gasteiger partial charge in [0.15, 0.2) is 0 Å². The van der Waals surface area contributed by atoms with Gasteiger partial charge in [-0.1, -0.05) is 32.0 Å². The first-order chi connectivity index (χ1) is 14.9. The Balaban J connectivity index is 1.60. The molecule has 1 amide bonds. The molecular formula is C23H23N3O3S2. The van der Waals surface area contributed by atoms with Crippen molar-refractivity contribution in [1.29, 1.82) is 0 Å². The maximum Gasteiger partial charge on any atom is 0.332 e. The molecule has 1 N–H and O–H groups in total. The zero-order valence-corrected chi connectivity index (χ0v) is 19.0. The van der Waals surface area contributed by atoms with Gasteiger partial charge in [0.25, 0.3) is 5.56 Å². The number of hydrogen-bond acceptors (Lipinski definition) is 5. The molecule has 4 rings (SSSR count). The van der Waals surface area contributed by atoms with Gasteiger partial charge in [-0.15, -0.1) is 22.7 Å². The number of anilines is 1. The number of thiophene rings is 2. The first kappa shape index (κ1) is 21.3. The molecule has 0 saturated heterocycles. The number of benzene rings is 1. The van der Waals surface area contributed by atoms with Gasteiger partial charge < -0.3 is 5.32 Å². The third-order valence-corrected chi connectivity index (χ3v) is 6.99. The summed E-state index contributed by atoms with van der Waals surface area (Å²) in [6.07, 6.45) is 0.595. The fourth-order valence-electron chi connectivity index (χ4n) is 3.46. The number of nitrogens with one attached hydrogen (secondary N) is 1. The van der Waals surface area contributed by atoms with Crippen LogP contribution < -0.4 is 16.6 Å². The van der Waals surface area contributed by atoms with E-state index in [1.807, 2.05) is 41.8 Å². The maximum atomic E-state index is 13.1. The lowest BCUT2D eigenvalue weighted by atomic mass is 10.0. The van der Waals surface area contributed by atoms with E-state index in [0.717, 1.165) is 4.88 Å². The number of hydrogen-bond donors (Lipinski definition) is 1. The molecule has 160 valence electrons. The highest BCUT2D eigenvalue weighted by Crippen LogP contribution is 2.18. The van der Waals surface area contributed by atoms with Crippen molar-refractivity contribution < 1.29 is 4.79 Å². The molecule has 1 aromatic carbocycles. The Hall–Kier alpha value is -2.97. The van der Waals surface area contributed by atoms with E-state index in [4.69, 9.17) is 0 Å². The van der Waals surface area contributed by atoms with Crippen LogP contribution in [0.1, 0.15) is 30.2 Å². The second-order valence-electron chi connectivity index (χ2n) is 7.61. The van der Waals surface area contributed by atoms with Crippen molar-refractivity contribution >= 4 is 44.5 Å². The third kappa shape index (κ3) is 4.55. The number of amides is 1. The lowest BCUT2D eigenvalue weighted by Gasteiger charge is -2.13. The van der Waals surface area contributed by atoms with Gasteiger partial charge >= 0.3 is 5.69 Å². The van der Waals surface area contributed by atoms with E-state index in [0.29, 0.717) is 28.2 Å². The van der Waals surface area contributed by atoms with Crippen molar-refractivity contribution in [2.45, 2.75) is 39.3 Å². The van der Waals surface area contributed by atoms with Crippen molar-refractivity contribution in [3.63, 3.8) is 0 Å². The summed E-state index contributed by atoms with van der Waals surface area (Å²) in [5.74, 6) is 0.0979. The first-order valence-electron chi connectivity index (χ1n) is 10.1. The zero-order chi connectivity index (χ0) is 22.0. The Morgan fingerprint density at radius 1 is 1.00 bits per heavy atom. The SMILES string of the molecule is CC(C)c1ccc(NC(=O)Cn2c(=O)n(CCc3cccs3)c(=O)c3sccc32)cc1. The van der Waals surface area contributed by atoms with E-state index in [1.54, 1.807) is 22.8 Å². The molecule has 8 heteroatoms. The largest absolute Gasteiger partial charge is 0.332 e. The van der Waals surface area contributed by atoms with Crippen molar-refractivity contribution in [3.8, 4) is 0 Å². The van der Waals surface area contributed by atoms with Crippen LogP contribution >= 0.6 is 22.7 Å². The predicted molar refractivity (Wildman–Crippen MR) is 128 cm³/mol. The highest BCUT2D eigenvalue weighted by molar-refractivity contribution is 7.17. The van der Waals surface area contributed by atoms with E-state index in [-0.39, 0.29) is 24.6 Å². The molecule has 0 aliphatic heterocycles. The van der Waals surface area contributed by atoms with Crippen LogP contribution in [0.5, 0.6) is 0 Å². The molecule has 0 atom stereocenters. The Labute approximate surface area is 187 Å². The highest BCUT2D eigenvalue weighted by Gasteiger charge is 2.16. The van der Waals surface area contributed by atoms with Crippen LogP contribution in [0.4, 0.5) is 5.69 Å². The number of aromatic nitrogens is 2. The lowest BCUT2D eigenvalue weighted by molar-refractivity contribution is -0.116. The number of carbonyl (C=O) groups is 1. The minimum atomic E-state index is -0.460. The van der Waals surface area contributed by atoms with Crippen LogP contribution in [-0.4, -0.2) is 15.0 Å². The Morgan fingerprint density at radius 2 is 1.77 bits per heavy atom. The summed E-state index contributed by atoms with van der Waals surface area (Å²) in [6, 6.07) is 13.3. The van der Waals surface area contributed by atoms with Crippen molar-refractivity contribution in [2.75, 3.05) is 5.32 Å². The van der Waals surface area contributed by atoms with Gasteiger partial charge in [0.2, 0.25) is 5.91 Å². The second-order valence-corrected chi connectivity index (χ2v) is 9.56. The molecular weight excluding hydrogens is 430 g/mol. The topological polar surface area (TPSA) is 73.1 Å². The molecule has 3 aromatic heterocycles. The second kappa shape index (κ2) is 9.03. The first-order valence-corrected chi connectivity index (χ1v) is 11.8. The number of nitrogens with zero attached hydrogens (tertiary/aromatic N) is 2. The van der Waals surface area contributed by atoms with Crippen LogP contribution in [-0.2, 0) is 24.3 Å². The number of rotatable bonds is 7. The Bertz CT molecular complexity index is 1310. The van der Waals surface area contributed by atoms with E-state index < -0.39 is 5.69 Å². The average molecular weight is 454 g/mol. The lowest BCUT2D eigenvalue weighted by Crippen LogP contribution is -2.41. The summed E-state index contributed by atoms with van der Waals surface area (Å²) in [5.41, 5.74) is 1.60. The summed E-state index contributed by atoms with van der Waals surface area (Å²) in [5, 5.41) is 6.59. The molecule has 4 aromatic rings. The van der Waals surface area contributed by atoms with E-state index in [1.165, 1.54) is 26.0 Å². The van der Waals surface area contributed by atoms with Crippen molar-refractivity contribution in [1.82, 2.24) is 9.13 Å². The monoisotopic (exact) mass is 453 g/mol. The van der Waals surface area contributed by atoms with Crippen LogP contribution in [0, 0.1) is 0 Å². The van der Waals surface area contributed by atoms with Gasteiger partial charge in [0, 0.05) is 17.1 Å². The quantitative estimate of drug-likeness (QED) is 0.454. The van der Waals surface area contributed by atoms with Gasteiger partial charge in [0.1, 0.15) is 11.2 Å². The van der Waals surface area contributed by atoms with Gasteiger partial charge in [-0.2, -0.15) is 0 Å². The smallest absolute Gasteiger partial charge is 0.325 e. The summed E-state index contributed by atoms with van der Waals surface area (Å²) in [6.45, 7) is 4.35. The van der Waals surface area contributed by atoms with Crippen LogP contribution in [0.15, 0.2) is 62.8 Å². The fraction of sp³-hybridized carbons (Fsp3) is 0.261. The summed E-state index contributed by atoms with van der Waals surface area (Å²) in [7, 11) is 0. The average Bonchev–Trinajstić information content (AvgIpc) is 3.43. The van der Waals surface area contributed by atoms with E-state index in [2.05, 4.69) is 19.2 Å². The molecule has 0 saturated carbocycles. The van der Waals surface area contributed by atoms with Crippen molar-refractivity contribution in [3.05, 3.63) is 84.5 Å². The van der Waals surface area contributed by atoms with E-state index in [9.17, 15) is 14.4 Å². The number of aryl methyl sites for hydroxylation is 1. The number of carbonyl (C=O) groups excluding carboxylic acids is 1. The summed E-state index contributed by atoms with van der Waals surface area (Å²) >= 11 is 2.88. The molecule has 0 spiro atoms. The van der Waals surface area contributed by atoms with E-state index >= 15 is 0 Å². The normalized spacial score (nSPS) is 11.3. The molecule has 31 heavy (non-hydrogen) atoms. The summed E-state index contributed by atoms with van der Waals surface area (Å²) < 4.78 is 3.11. The van der Waals surface area contributed by atoms with Gasteiger partial charge in [-0.25, -0.2) is 4.79 Å². The molecule has 3 heterocycles. The van der Waals surface area contributed by atoms with Crippen LogP contribution in [0.2, 0.25) is 0 Å². The standard InChI is InChI=1S/C23H23N3O3S2/c1-15(2)16-5-7-17(8-6-16)24-20(27)14-26-19-10-13-31-21(19)22(28)25(23(26)29)11-9-18-4-3-12-30-18/h3-8,10,12-13,15H,9,11,14H2,1-2H3,(H,24,27). The van der Waals surface area contributed by atoms with Crippen molar-refractivity contribution in [2.24, 2.45) is 0 Å². The van der Waals surface area contributed by atoms with Gasteiger partial charge in [-0.05, 0) is 52.9 Å². The molecule has 0 aliphatic rings. The fourth-order valence-corrected chi connectivity index (χ4v) is 5.00. The summed E-state index contributed by atoms with van der Waals surface area (Å²) in [4.78, 5) is 39.8. The Kier molecular flexibility index (Phi) is 6.20. The molecule has 6 nitrogen and oxygen atoms in total. The third-order valence-electron chi connectivity index (χ3n) is 5.16. The van der Waals surface area contributed by atoms with Gasteiger partial charge in [-0.3, -0.25) is 18.7 Å². The minimum absolute atomic E-state index is 0.155. The minimum Gasteiger partial charge on any atom is -0.325 e. The Morgan fingerprint density at radius 3 is 2.45 bits per heavy atom. The highest BCUT2D eigenvalue weighted by atomic mass is 32.1. The zero-order valence-electron chi connectivity index (χ0n) is 17.3. The van der Waals surface area contributed by atoms with Crippen LogP contribution in [0.3, 0.4) is 0 Å². The molecule has 0 aliphatic carbocycles. The van der Waals surface area contributed by atoms with Gasteiger partial charge in [0.05, 0.1) is 5.52 Å². The van der Waals surface area contributed by atoms with Crippen LogP contribution in [0.25, 0.3) is 10.2 Å².